The molecule has 0 unspecified atom stereocenters. The molecule has 0 saturated carbocycles. The fourth-order valence-corrected chi connectivity index (χ4v) is 4.03. The quantitative estimate of drug-likeness (QED) is 0.147. The van der Waals surface area contributed by atoms with Crippen molar-refractivity contribution in [3.8, 4) is 22.8 Å². The number of non-ortho nitro benzene ring substituents is 1. The van der Waals surface area contributed by atoms with Gasteiger partial charge in [0.05, 0.1) is 23.5 Å². The Kier molecular flexibility index (Phi) is 8.04. The molecule has 0 saturated heterocycles. The molecule has 1 amide bonds. The van der Waals surface area contributed by atoms with Crippen molar-refractivity contribution in [1.29, 1.82) is 0 Å². The third kappa shape index (κ3) is 6.13. The maximum Gasteiger partial charge on any atom is 0.270 e. The lowest BCUT2D eigenvalue weighted by molar-refractivity contribution is -0.384. The molecule has 0 radical (unpaired) electrons. The highest BCUT2D eigenvalue weighted by Crippen LogP contribution is 2.28. The Morgan fingerprint density at radius 3 is 2.61 bits per heavy atom. The summed E-state index contributed by atoms with van der Waals surface area (Å²) in [4.78, 5) is 22.8. The van der Waals surface area contributed by atoms with Gasteiger partial charge in [-0.1, -0.05) is 54.2 Å². The standard InChI is InChI=1S/C25H22N6O4S/c1-2-35-22-13-11-20(12-14-22)30-24(19-8-4-3-5-9-19)28-29-25(30)36-17-23(32)27-26-16-18-7-6-10-21(15-18)31(33)34/h3-16H,2,17H2,1H3,(H,27,32)/b26-16-. The molecular formula is C25H22N6O4S. The van der Waals surface area contributed by atoms with E-state index in [2.05, 4.69) is 20.7 Å². The highest BCUT2D eigenvalue weighted by Gasteiger charge is 2.17. The van der Waals surface area contributed by atoms with Crippen LogP contribution in [0.25, 0.3) is 17.1 Å². The molecular weight excluding hydrogens is 480 g/mol. The van der Waals surface area contributed by atoms with Crippen molar-refractivity contribution in [2.45, 2.75) is 12.1 Å². The van der Waals surface area contributed by atoms with Crippen molar-refractivity contribution in [2.75, 3.05) is 12.4 Å². The molecule has 0 bridgehead atoms. The normalized spacial score (nSPS) is 10.9. The Balaban J connectivity index is 1.49. The first-order chi connectivity index (χ1) is 17.5. The summed E-state index contributed by atoms with van der Waals surface area (Å²) in [6, 6.07) is 23.2. The number of thioether (sulfide) groups is 1. The Labute approximate surface area is 211 Å². The van der Waals surface area contributed by atoms with Crippen molar-refractivity contribution in [2.24, 2.45) is 5.10 Å². The fraction of sp³-hybridized carbons (Fsp3) is 0.120. The first-order valence-electron chi connectivity index (χ1n) is 11.0. The monoisotopic (exact) mass is 502 g/mol. The first-order valence-corrected chi connectivity index (χ1v) is 12.0. The van der Waals surface area contributed by atoms with E-state index in [0.717, 1.165) is 17.0 Å². The van der Waals surface area contributed by atoms with Crippen LogP contribution in [0.4, 0.5) is 5.69 Å². The number of nitro benzene ring substituents is 1. The smallest absolute Gasteiger partial charge is 0.270 e. The van der Waals surface area contributed by atoms with Gasteiger partial charge in [0.25, 0.3) is 11.6 Å². The maximum absolute atomic E-state index is 12.4. The van der Waals surface area contributed by atoms with Crippen molar-refractivity contribution < 1.29 is 14.5 Å². The highest BCUT2D eigenvalue weighted by molar-refractivity contribution is 7.99. The average molecular weight is 503 g/mol. The van der Waals surface area contributed by atoms with Crippen LogP contribution in [-0.2, 0) is 4.79 Å². The van der Waals surface area contributed by atoms with E-state index in [1.165, 1.54) is 30.1 Å². The van der Waals surface area contributed by atoms with Crippen LogP contribution in [-0.4, -0.2) is 44.2 Å². The van der Waals surface area contributed by atoms with Gasteiger partial charge >= 0.3 is 0 Å². The minimum absolute atomic E-state index is 0.0379. The van der Waals surface area contributed by atoms with E-state index in [1.54, 1.807) is 12.1 Å². The van der Waals surface area contributed by atoms with Gasteiger partial charge in [-0.2, -0.15) is 5.10 Å². The predicted molar refractivity (Wildman–Crippen MR) is 138 cm³/mol. The first kappa shape index (κ1) is 24.6. The summed E-state index contributed by atoms with van der Waals surface area (Å²) < 4.78 is 7.43. The SMILES string of the molecule is CCOc1ccc(-n2c(SCC(=O)N/N=C\c3cccc([N+](=O)[O-])c3)nnc2-c2ccccc2)cc1. The van der Waals surface area contributed by atoms with E-state index in [4.69, 9.17) is 4.74 Å². The molecule has 1 heterocycles. The van der Waals surface area contributed by atoms with Crippen molar-refractivity contribution in [3.63, 3.8) is 0 Å². The zero-order valence-electron chi connectivity index (χ0n) is 19.3. The number of aromatic nitrogens is 3. The molecule has 0 spiro atoms. The third-order valence-corrected chi connectivity index (χ3v) is 5.82. The highest BCUT2D eigenvalue weighted by atomic mass is 32.2. The molecule has 4 aromatic rings. The van der Waals surface area contributed by atoms with Gasteiger partial charge in [0.2, 0.25) is 0 Å². The van der Waals surface area contributed by atoms with Gasteiger partial charge in [-0.3, -0.25) is 19.5 Å². The van der Waals surface area contributed by atoms with E-state index >= 15 is 0 Å². The Morgan fingerprint density at radius 1 is 1.11 bits per heavy atom. The van der Waals surface area contributed by atoms with Crippen LogP contribution >= 0.6 is 11.8 Å². The van der Waals surface area contributed by atoms with Gasteiger partial charge in [-0.25, -0.2) is 5.43 Å². The van der Waals surface area contributed by atoms with Gasteiger partial charge in [-0.15, -0.1) is 10.2 Å². The van der Waals surface area contributed by atoms with Gasteiger partial charge in [0, 0.05) is 28.9 Å². The Hall–Kier alpha value is -4.51. The maximum atomic E-state index is 12.4. The van der Waals surface area contributed by atoms with E-state index in [-0.39, 0.29) is 17.3 Å². The molecule has 0 fully saturated rings. The number of nitrogens with zero attached hydrogens (tertiary/aromatic N) is 5. The molecule has 0 aliphatic carbocycles. The summed E-state index contributed by atoms with van der Waals surface area (Å²) in [6.07, 6.45) is 1.35. The molecule has 10 nitrogen and oxygen atoms in total. The van der Waals surface area contributed by atoms with Crippen molar-refractivity contribution >= 4 is 29.6 Å². The van der Waals surface area contributed by atoms with Crippen LogP contribution in [0.3, 0.4) is 0 Å². The average Bonchev–Trinajstić information content (AvgIpc) is 3.33. The van der Waals surface area contributed by atoms with Crippen LogP contribution in [0.2, 0.25) is 0 Å². The van der Waals surface area contributed by atoms with Crippen LogP contribution < -0.4 is 10.2 Å². The van der Waals surface area contributed by atoms with Crippen molar-refractivity contribution in [3.05, 3.63) is 94.5 Å². The third-order valence-electron chi connectivity index (χ3n) is 4.89. The largest absolute Gasteiger partial charge is 0.494 e. The molecule has 1 aromatic heterocycles. The number of hydrogen-bond acceptors (Lipinski definition) is 8. The lowest BCUT2D eigenvalue weighted by Crippen LogP contribution is -2.20. The van der Waals surface area contributed by atoms with E-state index in [1.807, 2.05) is 66.1 Å². The summed E-state index contributed by atoms with van der Waals surface area (Å²) in [5, 5.41) is 24.0. The molecule has 1 N–H and O–H groups in total. The fourth-order valence-electron chi connectivity index (χ4n) is 3.29. The van der Waals surface area contributed by atoms with Gasteiger partial charge in [0.15, 0.2) is 11.0 Å². The van der Waals surface area contributed by atoms with Gasteiger partial charge in [0.1, 0.15) is 5.75 Å². The number of hydrogen-bond donors (Lipinski definition) is 1. The predicted octanol–water partition coefficient (Wildman–Crippen LogP) is 4.48. The molecule has 0 atom stereocenters. The van der Waals surface area contributed by atoms with Crippen LogP contribution in [0.1, 0.15) is 12.5 Å². The van der Waals surface area contributed by atoms with Gasteiger partial charge in [-0.05, 0) is 31.2 Å². The van der Waals surface area contributed by atoms with Crippen LogP contribution in [0, 0.1) is 10.1 Å². The number of carbonyl (C=O) groups excluding carboxylic acids is 1. The summed E-state index contributed by atoms with van der Waals surface area (Å²) >= 11 is 1.22. The number of nitrogens with one attached hydrogen (secondary N) is 1. The summed E-state index contributed by atoms with van der Waals surface area (Å²) in [6.45, 7) is 2.50. The van der Waals surface area contributed by atoms with E-state index in [9.17, 15) is 14.9 Å². The number of rotatable bonds is 10. The number of carbonyl (C=O) groups is 1. The lowest BCUT2D eigenvalue weighted by Gasteiger charge is -2.11. The number of nitro groups is 1. The van der Waals surface area contributed by atoms with Crippen LogP contribution in [0.5, 0.6) is 5.75 Å². The minimum Gasteiger partial charge on any atom is -0.494 e. The zero-order chi connectivity index (χ0) is 25.3. The lowest BCUT2D eigenvalue weighted by atomic mass is 10.2. The zero-order valence-corrected chi connectivity index (χ0v) is 20.1. The second-order valence-electron chi connectivity index (χ2n) is 7.37. The van der Waals surface area contributed by atoms with E-state index in [0.29, 0.717) is 23.2 Å². The summed E-state index contributed by atoms with van der Waals surface area (Å²) in [5.74, 6) is 1.08. The van der Waals surface area contributed by atoms with Crippen molar-refractivity contribution in [1.82, 2.24) is 20.2 Å². The van der Waals surface area contributed by atoms with E-state index < -0.39 is 4.92 Å². The Bertz CT molecular complexity index is 1370. The molecule has 182 valence electrons. The number of ether oxygens (including phenoxy) is 1. The molecule has 0 aliphatic rings. The van der Waals surface area contributed by atoms with Crippen LogP contribution in [0.15, 0.2) is 89.1 Å². The number of amides is 1. The molecule has 4 rings (SSSR count). The number of benzene rings is 3. The summed E-state index contributed by atoms with van der Waals surface area (Å²) in [5.41, 5.74) is 4.60. The molecule has 0 aliphatic heterocycles. The molecule has 11 heteroatoms. The topological polar surface area (TPSA) is 125 Å². The van der Waals surface area contributed by atoms with Gasteiger partial charge < -0.3 is 4.74 Å². The summed E-state index contributed by atoms with van der Waals surface area (Å²) in [7, 11) is 0. The minimum atomic E-state index is -0.489. The number of hydrazone groups is 1. The molecule has 3 aromatic carbocycles. The molecule has 36 heavy (non-hydrogen) atoms. The second-order valence-corrected chi connectivity index (χ2v) is 8.31. The second kappa shape index (κ2) is 11.8. The Morgan fingerprint density at radius 2 is 1.89 bits per heavy atom.